The van der Waals surface area contributed by atoms with E-state index in [9.17, 15) is 9.90 Å². The second-order valence-electron chi connectivity index (χ2n) is 7.57. The third-order valence-corrected chi connectivity index (χ3v) is 5.77. The molecule has 1 saturated heterocycles. The Labute approximate surface area is 182 Å². The summed E-state index contributed by atoms with van der Waals surface area (Å²) in [6.07, 6.45) is 2.62. The van der Waals surface area contributed by atoms with Gasteiger partial charge < -0.3 is 25.5 Å². The number of hydrogen-bond donors (Lipinski definition) is 3. The number of rotatable bonds is 7. The van der Waals surface area contributed by atoms with Crippen molar-refractivity contribution in [2.24, 2.45) is 11.7 Å². The lowest BCUT2D eigenvalue weighted by molar-refractivity contribution is -0.123. The molecule has 0 aliphatic carbocycles. The van der Waals surface area contributed by atoms with Gasteiger partial charge in [0.1, 0.15) is 29.8 Å². The van der Waals surface area contributed by atoms with E-state index in [1.54, 1.807) is 6.20 Å². The number of carbonyl (C=O) groups is 1. The average molecular weight is 474 g/mol. The van der Waals surface area contributed by atoms with Gasteiger partial charge in [-0.3, -0.25) is 4.79 Å². The monoisotopic (exact) mass is 473 g/mol. The van der Waals surface area contributed by atoms with Crippen LogP contribution in [-0.4, -0.2) is 63.2 Å². The molecular formula is C21H24BrN5O3. The quantitative estimate of drug-likeness (QED) is 0.484. The first-order valence-corrected chi connectivity index (χ1v) is 10.7. The van der Waals surface area contributed by atoms with Crippen LogP contribution >= 0.6 is 15.9 Å². The minimum atomic E-state index is -0.602. The smallest absolute Gasteiger partial charge is 0.220 e. The molecule has 0 bridgehead atoms. The molecule has 0 radical (unpaired) electrons. The van der Waals surface area contributed by atoms with Crippen LogP contribution < -0.4 is 10.5 Å². The second-order valence-corrected chi connectivity index (χ2v) is 8.49. The van der Waals surface area contributed by atoms with Crippen molar-refractivity contribution in [2.75, 3.05) is 26.2 Å². The van der Waals surface area contributed by atoms with Gasteiger partial charge in [0.15, 0.2) is 5.65 Å². The molecule has 1 aromatic carbocycles. The number of H-pyrrole nitrogens is 1. The fourth-order valence-corrected chi connectivity index (χ4v) is 3.98. The molecule has 30 heavy (non-hydrogen) atoms. The summed E-state index contributed by atoms with van der Waals surface area (Å²) in [5.41, 5.74) is 7.81. The van der Waals surface area contributed by atoms with Gasteiger partial charge in [-0.2, -0.15) is 0 Å². The minimum Gasteiger partial charge on any atom is -0.491 e. The lowest BCUT2D eigenvalue weighted by Crippen LogP contribution is -2.43. The number of ether oxygens (including phenoxy) is 1. The third-order valence-electron chi connectivity index (χ3n) is 5.33. The number of aromatic nitrogens is 3. The summed E-state index contributed by atoms with van der Waals surface area (Å²) in [4.78, 5) is 25.5. The first-order chi connectivity index (χ1) is 14.5. The molecule has 1 aliphatic heterocycles. The predicted molar refractivity (Wildman–Crippen MR) is 117 cm³/mol. The Kier molecular flexibility index (Phi) is 6.31. The van der Waals surface area contributed by atoms with Gasteiger partial charge >= 0.3 is 0 Å². The molecule has 8 nitrogen and oxygen atoms in total. The standard InChI is InChI=1S/C21H24BrN5O3/c22-15-9-18-21(24-10-15)26-20(25-18)14-1-3-17(4-2-14)30-12-16(28)11-27-7-5-13(6-8-27)19(23)29/h1-4,9-10,13,16,28H,5-8,11-12H2,(H2,23,29)(H,24,25,26). The number of halogens is 1. The van der Waals surface area contributed by atoms with Crippen LogP contribution in [0.2, 0.25) is 0 Å². The van der Waals surface area contributed by atoms with Crippen LogP contribution in [0.5, 0.6) is 5.75 Å². The largest absolute Gasteiger partial charge is 0.491 e. The van der Waals surface area contributed by atoms with Gasteiger partial charge in [0.05, 0.1) is 0 Å². The van der Waals surface area contributed by atoms with Crippen molar-refractivity contribution >= 4 is 33.0 Å². The van der Waals surface area contributed by atoms with Gasteiger partial charge in [-0.1, -0.05) is 0 Å². The maximum absolute atomic E-state index is 11.2. The van der Waals surface area contributed by atoms with Gasteiger partial charge in [-0.05, 0) is 72.2 Å². The Morgan fingerprint density at radius 1 is 1.33 bits per heavy atom. The molecule has 0 saturated carbocycles. The Morgan fingerprint density at radius 3 is 2.77 bits per heavy atom. The number of piperidine rings is 1. The number of aliphatic hydroxyl groups excluding tert-OH is 1. The number of aromatic amines is 1. The minimum absolute atomic E-state index is 0.0442. The molecule has 0 spiro atoms. The topological polar surface area (TPSA) is 117 Å². The van der Waals surface area contributed by atoms with Crippen molar-refractivity contribution in [2.45, 2.75) is 18.9 Å². The van der Waals surface area contributed by atoms with Crippen molar-refractivity contribution in [1.82, 2.24) is 19.9 Å². The maximum atomic E-state index is 11.2. The highest BCUT2D eigenvalue weighted by Gasteiger charge is 2.24. The Hall–Kier alpha value is -2.49. The number of likely N-dealkylation sites (tertiary alicyclic amines) is 1. The van der Waals surface area contributed by atoms with E-state index in [1.807, 2.05) is 30.3 Å². The molecule has 4 N–H and O–H groups in total. The summed E-state index contributed by atoms with van der Waals surface area (Å²) in [5.74, 6) is 1.15. The van der Waals surface area contributed by atoms with Crippen LogP contribution in [0.1, 0.15) is 12.8 Å². The van der Waals surface area contributed by atoms with Crippen LogP contribution in [0.25, 0.3) is 22.6 Å². The van der Waals surface area contributed by atoms with Crippen molar-refractivity contribution in [3.63, 3.8) is 0 Å². The molecule has 1 amide bonds. The number of benzene rings is 1. The van der Waals surface area contributed by atoms with Gasteiger partial charge in [0.25, 0.3) is 0 Å². The van der Waals surface area contributed by atoms with Crippen LogP contribution in [-0.2, 0) is 4.79 Å². The number of aliphatic hydroxyl groups is 1. The van der Waals surface area contributed by atoms with Crippen molar-refractivity contribution in [1.29, 1.82) is 0 Å². The maximum Gasteiger partial charge on any atom is 0.220 e. The highest BCUT2D eigenvalue weighted by atomic mass is 79.9. The van der Waals surface area contributed by atoms with Gasteiger partial charge in [-0.15, -0.1) is 0 Å². The van der Waals surface area contributed by atoms with Gasteiger partial charge in [0, 0.05) is 28.7 Å². The fourth-order valence-electron chi connectivity index (χ4n) is 3.66. The zero-order valence-electron chi connectivity index (χ0n) is 16.4. The second kappa shape index (κ2) is 9.11. The van der Waals surface area contributed by atoms with E-state index in [-0.39, 0.29) is 18.4 Å². The number of nitrogens with zero attached hydrogens (tertiary/aromatic N) is 3. The molecule has 158 valence electrons. The number of carbonyl (C=O) groups excluding carboxylic acids is 1. The summed E-state index contributed by atoms with van der Waals surface area (Å²) < 4.78 is 6.62. The van der Waals surface area contributed by atoms with Gasteiger partial charge in [0.2, 0.25) is 5.91 Å². The van der Waals surface area contributed by atoms with Crippen LogP contribution in [0.15, 0.2) is 41.0 Å². The van der Waals surface area contributed by atoms with Crippen molar-refractivity contribution in [3.05, 3.63) is 41.0 Å². The number of nitrogens with one attached hydrogen (secondary N) is 1. The summed E-state index contributed by atoms with van der Waals surface area (Å²) in [6, 6.07) is 9.47. The summed E-state index contributed by atoms with van der Waals surface area (Å²) in [5, 5.41) is 10.3. The fraction of sp³-hybridized carbons (Fsp3) is 0.381. The summed E-state index contributed by atoms with van der Waals surface area (Å²) in [7, 11) is 0. The molecule has 1 unspecified atom stereocenters. The molecule has 1 atom stereocenters. The van der Waals surface area contributed by atoms with Crippen LogP contribution in [0, 0.1) is 5.92 Å². The van der Waals surface area contributed by atoms with Crippen molar-refractivity contribution in [3.8, 4) is 17.1 Å². The van der Waals surface area contributed by atoms with Gasteiger partial charge in [-0.25, -0.2) is 9.97 Å². The predicted octanol–water partition coefficient (Wildman–Crippen LogP) is 2.32. The molecular weight excluding hydrogens is 450 g/mol. The number of primary amides is 1. The zero-order chi connectivity index (χ0) is 21.1. The molecule has 4 rings (SSSR count). The van der Waals surface area contributed by atoms with E-state index < -0.39 is 6.10 Å². The average Bonchev–Trinajstić information content (AvgIpc) is 3.16. The molecule has 2 aromatic heterocycles. The zero-order valence-corrected chi connectivity index (χ0v) is 18.0. The van der Waals surface area contributed by atoms with E-state index in [2.05, 4.69) is 35.8 Å². The lowest BCUT2D eigenvalue weighted by atomic mass is 9.96. The molecule has 3 heterocycles. The number of hydrogen-bond acceptors (Lipinski definition) is 6. The van der Waals surface area contributed by atoms with Crippen LogP contribution in [0.3, 0.4) is 0 Å². The first kappa shape index (κ1) is 20.8. The Bertz CT molecular complexity index is 1020. The molecule has 1 aliphatic rings. The first-order valence-electron chi connectivity index (χ1n) is 9.92. The lowest BCUT2D eigenvalue weighted by Gasteiger charge is -2.31. The van der Waals surface area contributed by atoms with E-state index in [0.29, 0.717) is 12.3 Å². The van der Waals surface area contributed by atoms with Crippen molar-refractivity contribution < 1.29 is 14.6 Å². The SMILES string of the molecule is NC(=O)C1CCN(CC(O)COc2ccc(-c3nc4cc(Br)cnc4[nH]3)cc2)CC1. The highest BCUT2D eigenvalue weighted by Crippen LogP contribution is 2.24. The number of β-amino-alcohol motifs (C(OH)–C–C–N with tert-alkyl or cyclic N) is 1. The molecule has 3 aromatic rings. The number of pyridine rings is 1. The molecule has 9 heteroatoms. The Balaban J connectivity index is 1.28. The van der Waals surface area contributed by atoms with E-state index >= 15 is 0 Å². The van der Waals surface area contributed by atoms with E-state index in [1.165, 1.54) is 0 Å². The third kappa shape index (κ3) is 4.97. The van der Waals surface area contributed by atoms with Crippen LogP contribution in [0.4, 0.5) is 0 Å². The normalized spacial score (nSPS) is 16.6. The summed E-state index contributed by atoms with van der Waals surface area (Å²) >= 11 is 3.40. The summed E-state index contributed by atoms with van der Waals surface area (Å²) in [6.45, 7) is 2.26. The number of fused-ring (bicyclic) bond motifs is 1. The number of imidazole rings is 1. The van der Waals surface area contributed by atoms with E-state index in [0.717, 1.165) is 53.0 Å². The number of amides is 1. The highest BCUT2D eigenvalue weighted by molar-refractivity contribution is 9.10. The Morgan fingerprint density at radius 2 is 2.07 bits per heavy atom. The molecule has 1 fully saturated rings. The van der Waals surface area contributed by atoms with E-state index in [4.69, 9.17) is 10.5 Å². The number of nitrogens with two attached hydrogens (primary N) is 1.